The maximum absolute atomic E-state index is 5.08. The van der Waals surface area contributed by atoms with Crippen LogP contribution in [0.3, 0.4) is 0 Å². The summed E-state index contributed by atoms with van der Waals surface area (Å²) in [6, 6.07) is 6.17. The zero-order valence-corrected chi connectivity index (χ0v) is 11.6. The van der Waals surface area contributed by atoms with Crippen LogP contribution in [0.2, 0.25) is 0 Å². The van der Waals surface area contributed by atoms with Crippen molar-refractivity contribution < 1.29 is 4.42 Å². The van der Waals surface area contributed by atoms with Crippen LogP contribution in [0.25, 0.3) is 0 Å². The van der Waals surface area contributed by atoms with E-state index in [2.05, 4.69) is 41.3 Å². The molecule has 0 radical (unpaired) electrons. The summed E-state index contributed by atoms with van der Waals surface area (Å²) in [7, 11) is 2.10. The van der Waals surface area contributed by atoms with Gasteiger partial charge in [0.15, 0.2) is 0 Å². The average molecular weight is 259 g/mol. The Kier molecular flexibility index (Phi) is 4.98. The molecule has 0 atom stereocenters. The molecule has 4 nitrogen and oxygen atoms in total. The molecular weight excluding hydrogens is 238 g/mol. The van der Waals surface area contributed by atoms with Gasteiger partial charge >= 0.3 is 0 Å². The van der Waals surface area contributed by atoms with E-state index in [1.165, 1.54) is 11.1 Å². The molecule has 0 unspecified atom stereocenters. The largest absolute Gasteiger partial charge is 0.472 e. The van der Waals surface area contributed by atoms with Gasteiger partial charge in [-0.3, -0.25) is 4.90 Å². The quantitative estimate of drug-likeness (QED) is 0.829. The lowest BCUT2D eigenvalue weighted by molar-refractivity contribution is 0.318. The highest BCUT2D eigenvalue weighted by atomic mass is 16.3. The minimum atomic E-state index is 0.885. The van der Waals surface area contributed by atoms with Crippen LogP contribution in [0, 0.1) is 0 Å². The normalized spacial score (nSPS) is 10.9. The molecule has 0 aliphatic heterocycles. The molecule has 0 amide bonds. The van der Waals surface area contributed by atoms with Crippen molar-refractivity contribution in [2.24, 2.45) is 0 Å². The second-order valence-electron chi connectivity index (χ2n) is 4.78. The van der Waals surface area contributed by atoms with Gasteiger partial charge in [-0.2, -0.15) is 0 Å². The smallest absolute Gasteiger partial charge is 0.126 e. The van der Waals surface area contributed by atoms with Crippen molar-refractivity contribution >= 4 is 5.82 Å². The summed E-state index contributed by atoms with van der Waals surface area (Å²) in [4.78, 5) is 6.57. The van der Waals surface area contributed by atoms with Crippen LogP contribution in [0.5, 0.6) is 0 Å². The monoisotopic (exact) mass is 259 g/mol. The molecule has 2 aromatic rings. The van der Waals surface area contributed by atoms with Crippen LogP contribution in [0.4, 0.5) is 5.82 Å². The van der Waals surface area contributed by atoms with Gasteiger partial charge < -0.3 is 9.73 Å². The third kappa shape index (κ3) is 4.41. The Morgan fingerprint density at radius 3 is 2.84 bits per heavy atom. The molecule has 102 valence electrons. The molecule has 0 saturated heterocycles. The second kappa shape index (κ2) is 6.95. The molecule has 0 aliphatic carbocycles. The van der Waals surface area contributed by atoms with Crippen LogP contribution in [-0.2, 0) is 13.1 Å². The molecule has 0 saturated carbocycles. The number of hydrogen-bond acceptors (Lipinski definition) is 4. The number of pyridine rings is 1. The Morgan fingerprint density at radius 2 is 2.11 bits per heavy atom. The van der Waals surface area contributed by atoms with Crippen molar-refractivity contribution in [3.05, 3.63) is 48.0 Å². The molecule has 2 aromatic heterocycles. The van der Waals surface area contributed by atoms with Crippen molar-refractivity contribution in [3.8, 4) is 0 Å². The van der Waals surface area contributed by atoms with Gasteiger partial charge in [-0.1, -0.05) is 6.92 Å². The number of anilines is 1. The first-order valence-electron chi connectivity index (χ1n) is 6.66. The van der Waals surface area contributed by atoms with Crippen molar-refractivity contribution in [2.75, 3.05) is 18.9 Å². The zero-order valence-electron chi connectivity index (χ0n) is 11.6. The molecule has 1 N–H and O–H groups in total. The summed E-state index contributed by atoms with van der Waals surface area (Å²) in [5.41, 5.74) is 2.46. The summed E-state index contributed by atoms with van der Waals surface area (Å²) < 4.78 is 5.08. The number of furan rings is 1. The van der Waals surface area contributed by atoms with Gasteiger partial charge in [-0.05, 0) is 37.2 Å². The molecule has 0 aliphatic rings. The van der Waals surface area contributed by atoms with E-state index < -0.39 is 0 Å². The van der Waals surface area contributed by atoms with Crippen LogP contribution >= 0.6 is 0 Å². The molecule has 0 aromatic carbocycles. The minimum Gasteiger partial charge on any atom is -0.472 e. The van der Waals surface area contributed by atoms with Crippen LogP contribution in [0.15, 0.2) is 41.3 Å². The molecule has 0 bridgehead atoms. The van der Waals surface area contributed by atoms with Gasteiger partial charge in [0, 0.05) is 31.4 Å². The van der Waals surface area contributed by atoms with E-state index in [4.69, 9.17) is 4.42 Å². The maximum atomic E-state index is 5.08. The van der Waals surface area contributed by atoms with Crippen molar-refractivity contribution in [1.29, 1.82) is 0 Å². The Hall–Kier alpha value is -1.81. The van der Waals surface area contributed by atoms with Crippen LogP contribution in [-0.4, -0.2) is 23.5 Å². The van der Waals surface area contributed by atoms with E-state index in [1.54, 1.807) is 12.5 Å². The number of hydrogen-bond donors (Lipinski definition) is 1. The number of nitrogens with one attached hydrogen (secondary N) is 1. The lowest BCUT2D eigenvalue weighted by Gasteiger charge is -2.16. The van der Waals surface area contributed by atoms with Crippen molar-refractivity contribution in [1.82, 2.24) is 9.88 Å². The van der Waals surface area contributed by atoms with Crippen LogP contribution < -0.4 is 5.32 Å². The molecule has 0 spiro atoms. The lowest BCUT2D eigenvalue weighted by Crippen LogP contribution is -2.17. The molecule has 4 heteroatoms. The number of aromatic nitrogens is 1. The lowest BCUT2D eigenvalue weighted by atomic mass is 10.2. The molecule has 2 rings (SSSR count). The maximum Gasteiger partial charge on any atom is 0.126 e. The van der Waals surface area contributed by atoms with Gasteiger partial charge in [0.05, 0.1) is 12.5 Å². The van der Waals surface area contributed by atoms with E-state index in [9.17, 15) is 0 Å². The van der Waals surface area contributed by atoms with E-state index in [1.807, 2.05) is 12.3 Å². The summed E-state index contributed by atoms with van der Waals surface area (Å²) >= 11 is 0. The van der Waals surface area contributed by atoms with Gasteiger partial charge in [0.2, 0.25) is 0 Å². The van der Waals surface area contributed by atoms with Crippen molar-refractivity contribution in [2.45, 2.75) is 26.4 Å². The highest BCUT2D eigenvalue weighted by Gasteiger charge is 2.04. The second-order valence-corrected chi connectivity index (χ2v) is 4.78. The fraction of sp³-hybridized carbons (Fsp3) is 0.400. The van der Waals surface area contributed by atoms with E-state index in [0.29, 0.717) is 0 Å². The minimum absolute atomic E-state index is 0.885. The van der Waals surface area contributed by atoms with E-state index in [0.717, 1.165) is 31.9 Å². The predicted octanol–water partition coefficient (Wildman–Crippen LogP) is 3.13. The first-order valence-corrected chi connectivity index (χ1v) is 6.66. The van der Waals surface area contributed by atoms with Gasteiger partial charge in [0.1, 0.15) is 5.82 Å². The predicted molar refractivity (Wildman–Crippen MR) is 76.9 cm³/mol. The third-order valence-electron chi connectivity index (χ3n) is 2.87. The summed E-state index contributed by atoms with van der Waals surface area (Å²) in [5.74, 6) is 0.955. The Bertz CT molecular complexity index is 482. The molecule has 2 heterocycles. The third-order valence-corrected chi connectivity index (χ3v) is 2.87. The SMILES string of the molecule is CCCNc1cc(CN(C)Cc2ccoc2)ccn1. The topological polar surface area (TPSA) is 41.3 Å². The summed E-state index contributed by atoms with van der Waals surface area (Å²) in [6.45, 7) is 4.89. The van der Waals surface area contributed by atoms with Gasteiger partial charge in [-0.25, -0.2) is 4.98 Å². The Morgan fingerprint density at radius 1 is 1.26 bits per heavy atom. The van der Waals surface area contributed by atoms with Crippen LogP contribution in [0.1, 0.15) is 24.5 Å². The molecule has 19 heavy (non-hydrogen) atoms. The zero-order chi connectivity index (χ0) is 13.5. The summed E-state index contributed by atoms with van der Waals surface area (Å²) in [6.07, 6.45) is 6.46. The summed E-state index contributed by atoms with van der Waals surface area (Å²) in [5, 5.41) is 3.31. The first-order chi connectivity index (χ1) is 9.28. The standard InChI is InChI=1S/C15H21N3O/c1-3-6-16-15-9-13(4-7-17-15)10-18(2)11-14-5-8-19-12-14/h4-5,7-9,12H,3,6,10-11H2,1-2H3,(H,16,17). The fourth-order valence-corrected chi connectivity index (χ4v) is 1.98. The fourth-order valence-electron chi connectivity index (χ4n) is 1.98. The van der Waals surface area contributed by atoms with E-state index >= 15 is 0 Å². The Labute approximate surface area is 114 Å². The van der Waals surface area contributed by atoms with Gasteiger partial charge in [-0.15, -0.1) is 0 Å². The highest BCUT2D eigenvalue weighted by molar-refractivity contribution is 5.37. The first kappa shape index (κ1) is 13.6. The average Bonchev–Trinajstić information content (AvgIpc) is 2.89. The van der Waals surface area contributed by atoms with Crippen molar-refractivity contribution in [3.63, 3.8) is 0 Å². The van der Waals surface area contributed by atoms with Gasteiger partial charge in [0.25, 0.3) is 0 Å². The number of nitrogens with zero attached hydrogens (tertiary/aromatic N) is 2. The molecule has 0 fully saturated rings. The highest BCUT2D eigenvalue weighted by Crippen LogP contribution is 2.11. The Balaban J connectivity index is 1.90. The molecular formula is C15H21N3O. The van der Waals surface area contributed by atoms with E-state index in [-0.39, 0.29) is 0 Å². The number of rotatable bonds is 7.